The summed E-state index contributed by atoms with van der Waals surface area (Å²) in [6.07, 6.45) is -0.392. The Morgan fingerprint density at radius 3 is 2.58 bits per heavy atom. The van der Waals surface area contributed by atoms with E-state index in [0.29, 0.717) is 9.88 Å². The molecule has 0 unspecified atom stereocenters. The standard InChI is InChI=1S/C16H20F3N5S2/c1-3-25-24-6-4-11(5-7-24)22-15-21-8-12(16(17,18)19)14(23-15)13-9-20-10(2)26-13/h8-9,11H,3-7H2,1-2H3,(H,21,22,23). The van der Waals surface area contributed by atoms with Gasteiger partial charge in [-0.05, 0) is 19.8 Å². The highest BCUT2D eigenvalue weighted by Crippen LogP contribution is 2.38. The summed E-state index contributed by atoms with van der Waals surface area (Å²) in [5.74, 6) is 1.28. The van der Waals surface area contributed by atoms with Gasteiger partial charge in [-0.2, -0.15) is 13.2 Å². The van der Waals surface area contributed by atoms with Gasteiger partial charge in [0.2, 0.25) is 5.95 Å². The van der Waals surface area contributed by atoms with Gasteiger partial charge in [-0.25, -0.2) is 15.0 Å². The molecule has 26 heavy (non-hydrogen) atoms. The molecular formula is C16H20F3N5S2. The van der Waals surface area contributed by atoms with Crippen molar-refractivity contribution in [1.29, 1.82) is 0 Å². The van der Waals surface area contributed by atoms with Gasteiger partial charge in [-0.1, -0.05) is 18.9 Å². The molecule has 1 fully saturated rings. The molecule has 0 atom stereocenters. The Morgan fingerprint density at radius 1 is 1.27 bits per heavy atom. The van der Waals surface area contributed by atoms with E-state index in [9.17, 15) is 13.2 Å². The molecule has 10 heteroatoms. The molecule has 0 spiro atoms. The van der Waals surface area contributed by atoms with E-state index in [-0.39, 0.29) is 17.7 Å². The van der Waals surface area contributed by atoms with Crippen LogP contribution in [0.1, 0.15) is 30.3 Å². The van der Waals surface area contributed by atoms with Crippen LogP contribution in [0.5, 0.6) is 0 Å². The number of thiazole rings is 1. The first-order valence-electron chi connectivity index (χ1n) is 8.38. The van der Waals surface area contributed by atoms with Crippen LogP contribution in [0.4, 0.5) is 19.1 Å². The molecule has 3 rings (SSSR count). The van der Waals surface area contributed by atoms with Gasteiger partial charge in [0.15, 0.2) is 0 Å². The number of alkyl halides is 3. The van der Waals surface area contributed by atoms with Crippen molar-refractivity contribution in [3.8, 4) is 10.6 Å². The first-order valence-corrected chi connectivity index (χ1v) is 10.1. The first kappa shape index (κ1) is 19.4. The zero-order chi connectivity index (χ0) is 18.7. The Morgan fingerprint density at radius 2 is 2.00 bits per heavy atom. The van der Waals surface area contributed by atoms with E-state index in [0.717, 1.165) is 37.9 Å². The van der Waals surface area contributed by atoms with Gasteiger partial charge in [0.05, 0.1) is 15.6 Å². The van der Waals surface area contributed by atoms with Gasteiger partial charge >= 0.3 is 6.18 Å². The summed E-state index contributed by atoms with van der Waals surface area (Å²) < 4.78 is 42.3. The lowest BCUT2D eigenvalue weighted by atomic mass is 10.1. The maximum absolute atomic E-state index is 13.3. The van der Waals surface area contributed by atoms with Gasteiger partial charge in [-0.3, -0.25) is 4.31 Å². The average molecular weight is 403 g/mol. The molecule has 5 nitrogen and oxygen atoms in total. The molecule has 0 bridgehead atoms. The molecule has 3 heterocycles. The molecule has 1 saturated heterocycles. The topological polar surface area (TPSA) is 53.9 Å². The minimum absolute atomic E-state index is 0.112. The Hall–Kier alpha value is -1.39. The van der Waals surface area contributed by atoms with E-state index in [1.54, 1.807) is 6.92 Å². The number of hydrogen-bond acceptors (Lipinski definition) is 7. The molecular weight excluding hydrogens is 383 g/mol. The predicted octanol–water partition coefficient (Wildman–Crippen LogP) is 4.47. The van der Waals surface area contributed by atoms with Crippen molar-refractivity contribution in [3.05, 3.63) is 23.0 Å². The number of nitrogens with one attached hydrogen (secondary N) is 1. The molecule has 0 aromatic carbocycles. The molecule has 0 amide bonds. The monoisotopic (exact) mass is 403 g/mol. The van der Waals surface area contributed by atoms with E-state index in [1.807, 2.05) is 11.9 Å². The highest BCUT2D eigenvalue weighted by atomic mass is 32.2. The van der Waals surface area contributed by atoms with E-state index < -0.39 is 11.7 Å². The molecule has 142 valence electrons. The summed E-state index contributed by atoms with van der Waals surface area (Å²) >= 11 is 3.00. The summed E-state index contributed by atoms with van der Waals surface area (Å²) in [5.41, 5.74) is -0.944. The third-order valence-electron chi connectivity index (χ3n) is 4.05. The minimum atomic E-state index is -4.51. The lowest BCUT2D eigenvalue weighted by Crippen LogP contribution is -2.36. The van der Waals surface area contributed by atoms with Crippen molar-refractivity contribution in [3.63, 3.8) is 0 Å². The molecule has 2 aromatic rings. The Labute approximate surface area is 158 Å². The van der Waals surface area contributed by atoms with Crippen LogP contribution in [0.2, 0.25) is 0 Å². The van der Waals surface area contributed by atoms with Crippen LogP contribution >= 0.6 is 23.3 Å². The second-order valence-electron chi connectivity index (χ2n) is 5.96. The van der Waals surface area contributed by atoms with E-state index in [2.05, 4.69) is 31.5 Å². The number of halogens is 3. The highest BCUT2D eigenvalue weighted by Gasteiger charge is 2.36. The second-order valence-corrected chi connectivity index (χ2v) is 8.55. The van der Waals surface area contributed by atoms with Crippen LogP contribution in [0.15, 0.2) is 12.4 Å². The zero-order valence-corrected chi connectivity index (χ0v) is 16.1. The van der Waals surface area contributed by atoms with Gasteiger partial charge in [0, 0.05) is 37.3 Å². The fraction of sp³-hybridized carbons (Fsp3) is 0.562. The molecule has 1 aliphatic rings. The third-order valence-corrected chi connectivity index (χ3v) is 5.96. The summed E-state index contributed by atoms with van der Waals surface area (Å²) in [4.78, 5) is 12.5. The molecule has 2 aromatic heterocycles. The zero-order valence-electron chi connectivity index (χ0n) is 14.5. The van der Waals surface area contributed by atoms with Crippen molar-refractivity contribution < 1.29 is 13.2 Å². The number of nitrogens with zero attached hydrogens (tertiary/aromatic N) is 4. The normalized spacial score (nSPS) is 16.8. The molecule has 0 aliphatic carbocycles. The van der Waals surface area contributed by atoms with Crippen molar-refractivity contribution >= 4 is 29.2 Å². The van der Waals surface area contributed by atoms with Crippen LogP contribution in [0, 0.1) is 6.92 Å². The second kappa shape index (κ2) is 8.10. The smallest absolute Gasteiger partial charge is 0.351 e. The predicted molar refractivity (Wildman–Crippen MR) is 99.2 cm³/mol. The SMILES string of the molecule is CCSN1CCC(Nc2ncc(C(F)(F)F)c(-c3cnc(C)s3)n2)CC1. The summed E-state index contributed by atoms with van der Waals surface area (Å²) in [5, 5.41) is 3.89. The fourth-order valence-electron chi connectivity index (χ4n) is 2.81. The number of rotatable bonds is 5. The number of anilines is 1. The average Bonchev–Trinajstić information content (AvgIpc) is 3.02. The molecule has 1 N–H and O–H groups in total. The van der Waals surface area contributed by atoms with Crippen molar-refractivity contribution in [2.24, 2.45) is 0 Å². The van der Waals surface area contributed by atoms with E-state index in [1.165, 1.54) is 17.5 Å². The molecule has 1 aliphatic heterocycles. The lowest BCUT2D eigenvalue weighted by Gasteiger charge is -2.31. The van der Waals surface area contributed by atoms with Gasteiger partial charge in [0.1, 0.15) is 5.56 Å². The van der Waals surface area contributed by atoms with Crippen molar-refractivity contribution in [1.82, 2.24) is 19.3 Å². The summed E-state index contributed by atoms with van der Waals surface area (Å²) in [6, 6.07) is 0.163. The van der Waals surface area contributed by atoms with E-state index in [4.69, 9.17) is 0 Å². The van der Waals surface area contributed by atoms with Gasteiger partial charge in [0.25, 0.3) is 0 Å². The van der Waals surface area contributed by atoms with Crippen LogP contribution < -0.4 is 5.32 Å². The number of aromatic nitrogens is 3. The van der Waals surface area contributed by atoms with Crippen LogP contribution in [-0.2, 0) is 6.18 Å². The Balaban J connectivity index is 1.79. The van der Waals surface area contributed by atoms with Gasteiger partial charge in [-0.15, -0.1) is 11.3 Å². The Kier molecular flexibility index (Phi) is 6.03. The summed E-state index contributed by atoms with van der Waals surface area (Å²) in [6.45, 7) is 5.76. The van der Waals surface area contributed by atoms with E-state index >= 15 is 0 Å². The Bertz CT molecular complexity index is 742. The maximum atomic E-state index is 13.3. The number of aryl methyl sites for hydroxylation is 1. The van der Waals surface area contributed by atoms with Crippen LogP contribution in [0.3, 0.4) is 0 Å². The quantitative estimate of drug-likeness (QED) is 0.744. The third kappa shape index (κ3) is 4.66. The summed E-state index contributed by atoms with van der Waals surface area (Å²) in [7, 11) is 0. The van der Waals surface area contributed by atoms with Crippen molar-refractivity contribution in [2.75, 3.05) is 24.2 Å². The van der Waals surface area contributed by atoms with Crippen molar-refractivity contribution in [2.45, 2.75) is 38.9 Å². The minimum Gasteiger partial charge on any atom is -0.351 e. The molecule has 0 radical (unpaired) electrons. The fourth-order valence-corrected chi connectivity index (χ4v) is 4.43. The maximum Gasteiger partial charge on any atom is 0.420 e. The van der Waals surface area contributed by atoms with Crippen LogP contribution in [-0.4, -0.2) is 44.1 Å². The lowest BCUT2D eigenvalue weighted by molar-refractivity contribution is -0.137. The first-order chi connectivity index (χ1) is 12.4. The van der Waals surface area contributed by atoms with Crippen LogP contribution in [0.25, 0.3) is 10.6 Å². The molecule has 0 saturated carbocycles. The van der Waals surface area contributed by atoms with Gasteiger partial charge < -0.3 is 5.32 Å². The number of hydrogen-bond donors (Lipinski definition) is 1. The highest BCUT2D eigenvalue weighted by molar-refractivity contribution is 7.96. The number of piperidine rings is 1. The largest absolute Gasteiger partial charge is 0.420 e.